The van der Waals surface area contributed by atoms with Crippen LogP contribution in [0.1, 0.15) is 31.7 Å². The summed E-state index contributed by atoms with van der Waals surface area (Å²) < 4.78 is 19.3. The molecule has 7 heteroatoms. The van der Waals surface area contributed by atoms with E-state index in [2.05, 4.69) is 28.9 Å². The fourth-order valence-corrected chi connectivity index (χ4v) is 3.85. The summed E-state index contributed by atoms with van der Waals surface area (Å²) >= 11 is 0. The van der Waals surface area contributed by atoms with Gasteiger partial charge < -0.3 is 19.2 Å². The molecule has 156 valence electrons. The fraction of sp³-hybridized carbons (Fsp3) is 0.545. The van der Waals surface area contributed by atoms with Crippen molar-refractivity contribution in [3.63, 3.8) is 0 Å². The lowest BCUT2D eigenvalue weighted by Gasteiger charge is -2.33. The maximum absolute atomic E-state index is 13.4. The summed E-state index contributed by atoms with van der Waals surface area (Å²) in [4.78, 5) is 19.3. The van der Waals surface area contributed by atoms with Crippen LogP contribution >= 0.6 is 0 Å². The number of amides is 1. The van der Waals surface area contributed by atoms with E-state index < -0.39 is 0 Å². The quantitative estimate of drug-likeness (QED) is 0.713. The van der Waals surface area contributed by atoms with E-state index in [1.165, 1.54) is 12.1 Å². The van der Waals surface area contributed by atoms with Crippen LogP contribution in [-0.2, 0) is 11.3 Å². The van der Waals surface area contributed by atoms with E-state index in [-0.39, 0.29) is 17.6 Å². The molecule has 1 aromatic carbocycles. The summed E-state index contributed by atoms with van der Waals surface area (Å²) in [6.07, 6.45) is 2.87. The van der Waals surface area contributed by atoms with Gasteiger partial charge in [0.2, 0.25) is 11.8 Å². The molecule has 0 N–H and O–H groups in total. The minimum Gasteiger partial charge on any atom is -0.338 e. The molecule has 2 aliphatic rings. The number of hydrogen-bond donors (Lipinski definition) is 0. The van der Waals surface area contributed by atoms with E-state index in [0.717, 1.165) is 62.5 Å². The summed E-state index contributed by atoms with van der Waals surface area (Å²) in [7, 11) is 2.11. The van der Waals surface area contributed by atoms with Crippen molar-refractivity contribution in [1.82, 2.24) is 15.0 Å². The van der Waals surface area contributed by atoms with Gasteiger partial charge in [0.25, 0.3) is 0 Å². The van der Waals surface area contributed by atoms with Crippen LogP contribution < -0.4 is 4.90 Å². The Kier molecular flexibility index (Phi) is 5.85. The second-order valence-electron chi connectivity index (χ2n) is 8.15. The van der Waals surface area contributed by atoms with Gasteiger partial charge in [-0.15, -0.1) is 0 Å². The summed E-state index contributed by atoms with van der Waals surface area (Å²) in [5, 5.41) is 4.35. The molecule has 0 radical (unpaired) electrons. The number of hydrogen-bond acceptors (Lipinski definition) is 5. The van der Waals surface area contributed by atoms with Gasteiger partial charge in [0, 0.05) is 44.2 Å². The molecule has 0 bridgehead atoms. The van der Waals surface area contributed by atoms with Crippen LogP contribution in [0.25, 0.3) is 11.3 Å². The van der Waals surface area contributed by atoms with Crippen molar-refractivity contribution in [2.75, 3.05) is 44.7 Å². The van der Waals surface area contributed by atoms with Crippen LogP contribution in [0.2, 0.25) is 0 Å². The first-order chi connectivity index (χ1) is 14.1. The minimum atomic E-state index is -0.283. The van der Waals surface area contributed by atoms with Crippen molar-refractivity contribution in [2.24, 2.45) is 5.92 Å². The lowest BCUT2D eigenvalue weighted by atomic mass is 10.1. The van der Waals surface area contributed by atoms with Crippen molar-refractivity contribution >= 4 is 11.8 Å². The largest absolute Gasteiger partial charge is 0.338 e. The van der Waals surface area contributed by atoms with Crippen molar-refractivity contribution in [3.8, 4) is 11.3 Å². The molecule has 2 heterocycles. The molecule has 1 aliphatic carbocycles. The van der Waals surface area contributed by atoms with Gasteiger partial charge in [0.05, 0.1) is 12.1 Å². The van der Waals surface area contributed by atoms with Crippen LogP contribution in [0.4, 0.5) is 10.3 Å². The summed E-state index contributed by atoms with van der Waals surface area (Å²) in [6, 6.07) is 6.31. The topological polar surface area (TPSA) is 52.8 Å². The molecule has 6 nitrogen and oxygen atoms in total. The first-order valence-electron chi connectivity index (χ1n) is 10.5. The van der Waals surface area contributed by atoms with E-state index in [9.17, 15) is 9.18 Å². The second kappa shape index (κ2) is 8.53. The van der Waals surface area contributed by atoms with Gasteiger partial charge in [-0.2, -0.15) is 0 Å². The molecule has 1 saturated carbocycles. The van der Waals surface area contributed by atoms with Gasteiger partial charge in [-0.1, -0.05) is 12.1 Å². The van der Waals surface area contributed by atoms with Gasteiger partial charge in [0.15, 0.2) is 0 Å². The molecular weight excluding hydrogens is 371 g/mol. The predicted molar refractivity (Wildman–Crippen MR) is 110 cm³/mol. The van der Waals surface area contributed by atoms with Gasteiger partial charge in [0.1, 0.15) is 11.5 Å². The Morgan fingerprint density at radius 2 is 1.90 bits per heavy atom. The number of aromatic nitrogens is 1. The van der Waals surface area contributed by atoms with Crippen LogP contribution in [0.3, 0.4) is 0 Å². The predicted octanol–water partition coefficient (Wildman–Crippen LogP) is 3.38. The third kappa shape index (κ3) is 4.45. The van der Waals surface area contributed by atoms with Gasteiger partial charge in [-0.3, -0.25) is 4.79 Å². The summed E-state index contributed by atoms with van der Waals surface area (Å²) in [5.41, 5.74) is 2.42. The highest BCUT2D eigenvalue weighted by Gasteiger charge is 2.35. The summed E-state index contributed by atoms with van der Waals surface area (Å²) in [6.45, 7) is 6.88. The molecule has 4 rings (SSSR count). The zero-order valence-corrected chi connectivity index (χ0v) is 17.2. The normalized spacial score (nSPS) is 17.6. The number of anilines is 1. The fourth-order valence-electron chi connectivity index (χ4n) is 3.85. The molecule has 1 amide bonds. The Balaban J connectivity index is 1.68. The molecule has 0 unspecified atom stereocenters. The van der Waals surface area contributed by atoms with Crippen molar-refractivity contribution < 1.29 is 13.7 Å². The highest BCUT2D eigenvalue weighted by atomic mass is 19.1. The van der Waals surface area contributed by atoms with E-state index >= 15 is 0 Å². The van der Waals surface area contributed by atoms with Crippen molar-refractivity contribution in [1.29, 1.82) is 0 Å². The SMILES string of the molecule is CCCN(Cc1c(-c2ccc(F)cc2)noc1N1CCN(C)CC1)C(=O)C1CC1. The van der Waals surface area contributed by atoms with Gasteiger partial charge in [-0.05, 0) is 50.6 Å². The van der Waals surface area contributed by atoms with E-state index in [4.69, 9.17) is 4.52 Å². The number of benzene rings is 1. The van der Waals surface area contributed by atoms with Crippen molar-refractivity contribution in [3.05, 3.63) is 35.6 Å². The maximum atomic E-state index is 13.4. The summed E-state index contributed by atoms with van der Waals surface area (Å²) in [5.74, 6) is 0.849. The van der Waals surface area contributed by atoms with E-state index in [0.29, 0.717) is 18.8 Å². The maximum Gasteiger partial charge on any atom is 0.232 e. The Labute approximate surface area is 171 Å². The average Bonchev–Trinajstić information content (AvgIpc) is 3.49. The molecule has 0 spiro atoms. The zero-order valence-electron chi connectivity index (χ0n) is 17.2. The standard InChI is InChI=1S/C22H29FN4O2/c1-3-10-27(21(28)17-4-5-17)15-19-20(16-6-8-18(23)9-7-16)24-29-22(19)26-13-11-25(2)12-14-26/h6-9,17H,3-5,10-15H2,1-2H3. The monoisotopic (exact) mass is 400 g/mol. The number of likely N-dealkylation sites (N-methyl/N-ethyl adjacent to an activating group) is 1. The molecule has 0 atom stereocenters. The third-order valence-corrected chi connectivity index (χ3v) is 5.76. The van der Waals surface area contributed by atoms with Crippen LogP contribution in [0.15, 0.2) is 28.8 Å². The van der Waals surface area contributed by atoms with Gasteiger partial charge in [-0.25, -0.2) is 4.39 Å². The molecular formula is C22H29FN4O2. The second-order valence-corrected chi connectivity index (χ2v) is 8.15. The number of halogens is 1. The van der Waals surface area contributed by atoms with Crippen LogP contribution in [0.5, 0.6) is 0 Å². The lowest BCUT2D eigenvalue weighted by molar-refractivity contribution is -0.133. The lowest BCUT2D eigenvalue weighted by Crippen LogP contribution is -2.45. The number of nitrogens with zero attached hydrogens (tertiary/aromatic N) is 4. The zero-order chi connectivity index (χ0) is 20.4. The van der Waals surface area contributed by atoms with E-state index in [1.807, 2.05) is 4.90 Å². The van der Waals surface area contributed by atoms with Crippen LogP contribution in [-0.4, -0.2) is 60.6 Å². The Morgan fingerprint density at radius 3 is 2.52 bits per heavy atom. The van der Waals surface area contributed by atoms with Gasteiger partial charge >= 0.3 is 0 Å². The highest BCUT2D eigenvalue weighted by molar-refractivity contribution is 5.81. The van der Waals surface area contributed by atoms with Crippen LogP contribution in [0, 0.1) is 11.7 Å². The first-order valence-corrected chi connectivity index (χ1v) is 10.5. The van der Waals surface area contributed by atoms with E-state index in [1.54, 1.807) is 12.1 Å². The minimum absolute atomic E-state index is 0.169. The highest BCUT2D eigenvalue weighted by Crippen LogP contribution is 2.36. The Hall–Kier alpha value is -2.41. The number of carbonyl (C=O) groups excluding carboxylic acids is 1. The average molecular weight is 400 g/mol. The first kappa shape index (κ1) is 19.9. The Bertz CT molecular complexity index is 839. The smallest absolute Gasteiger partial charge is 0.232 e. The molecule has 29 heavy (non-hydrogen) atoms. The Morgan fingerprint density at radius 1 is 1.21 bits per heavy atom. The number of piperazine rings is 1. The molecule has 2 fully saturated rings. The molecule has 1 aromatic heterocycles. The number of carbonyl (C=O) groups is 1. The number of rotatable bonds is 7. The third-order valence-electron chi connectivity index (χ3n) is 5.76. The molecule has 1 aliphatic heterocycles. The van der Waals surface area contributed by atoms with Crippen molar-refractivity contribution in [2.45, 2.75) is 32.7 Å². The molecule has 2 aromatic rings. The molecule has 1 saturated heterocycles.